The first-order chi connectivity index (χ1) is 8.55. The van der Waals surface area contributed by atoms with Crippen molar-refractivity contribution in [1.82, 2.24) is 10.2 Å². The first-order valence-electron chi connectivity index (χ1n) is 7.60. The van der Waals surface area contributed by atoms with Gasteiger partial charge in [0.2, 0.25) is 5.91 Å². The Labute approximate surface area is 110 Å². The fourth-order valence-electron chi connectivity index (χ4n) is 3.97. The summed E-state index contributed by atoms with van der Waals surface area (Å²) in [6.07, 6.45) is 7.16. The molecular weight excluding hydrogens is 224 g/mol. The van der Waals surface area contributed by atoms with Gasteiger partial charge in [-0.05, 0) is 43.9 Å². The molecule has 102 valence electrons. The van der Waals surface area contributed by atoms with Crippen molar-refractivity contribution < 1.29 is 4.79 Å². The van der Waals surface area contributed by atoms with E-state index >= 15 is 0 Å². The molecule has 0 aromatic rings. The van der Waals surface area contributed by atoms with Crippen molar-refractivity contribution in [1.29, 1.82) is 0 Å². The lowest BCUT2D eigenvalue weighted by Gasteiger charge is -2.28. The van der Waals surface area contributed by atoms with Gasteiger partial charge in [0.15, 0.2) is 0 Å². The molecule has 3 saturated heterocycles. The summed E-state index contributed by atoms with van der Waals surface area (Å²) in [6.45, 7) is 6.62. The third kappa shape index (κ3) is 2.29. The number of rotatable bonds is 1. The molecule has 0 radical (unpaired) electrons. The quantitative estimate of drug-likeness (QED) is 0.773. The monoisotopic (exact) mass is 250 g/mol. The van der Waals surface area contributed by atoms with E-state index in [1.807, 2.05) is 0 Å². The predicted molar refractivity (Wildman–Crippen MR) is 72.3 cm³/mol. The Kier molecular flexibility index (Phi) is 3.13. The fraction of sp³-hybridized carbons (Fsp3) is 0.933. The normalized spacial score (nSPS) is 38.8. The minimum atomic E-state index is 0.282. The SMILES string of the molecule is CC1(C)CCCN(C(=O)C2CC3CCC2N3)CC1. The molecule has 1 N–H and O–H groups in total. The lowest BCUT2D eigenvalue weighted by Crippen LogP contribution is -2.41. The third-order valence-electron chi connectivity index (χ3n) is 5.27. The maximum Gasteiger partial charge on any atom is 0.227 e. The number of nitrogens with one attached hydrogen (secondary N) is 1. The molecule has 1 amide bonds. The summed E-state index contributed by atoms with van der Waals surface area (Å²) >= 11 is 0. The second kappa shape index (κ2) is 4.52. The van der Waals surface area contributed by atoms with Crippen molar-refractivity contribution in [2.75, 3.05) is 13.1 Å². The molecule has 3 nitrogen and oxygen atoms in total. The second-order valence-electron chi connectivity index (χ2n) is 7.23. The molecular formula is C15H26N2O. The zero-order valence-electron chi connectivity index (χ0n) is 11.7. The number of hydrogen-bond acceptors (Lipinski definition) is 2. The van der Waals surface area contributed by atoms with Crippen molar-refractivity contribution in [3.05, 3.63) is 0 Å². The molecule has 18 heavy (non-hydrogen) atoms. The smallest absolute Gasteiger partial charge is 0.227 e. The van der Waals surface area contributed by atoms with Crippen molar-refractivity contribution in [2.45, 2.75) is 64.5 Å². The van der Waals surface area contributed by atoms with E-state index in [9.17, 15) is 4.79 Å². The molecule has 3 rings (SSSR count). The van der Waals surface area contributed by atoms with Gasteiger partial charge in [0, 0.05) is 25.2 Å². The van der Waals surface area contributed by atoms with E-state index in [4.69, 9.17) is 0 Å². The minimum absolute atomic E-state index is 0.282. The molecule has 3 heterocycles. The predicted octanol–water partition coefficient (Wildman–Crippen LogP) is 2.17. The molecule has 3 heteroatoms. The van der Waals surface area contributed by atoms with Crippen LogP contribution in [0.1, 0.15) is 52.4 Å². The third-order valence-corrected chi connectivity index (χ3v) is 5.27. The molecule has 0 aromatic heterocycles. The summed E-state index contributed by atoms with van der Waals surface area (Å²) in [6, 6.07) is 1.12. The first-order valence-corrected chi connectivity index (χ1v) is 7.60. The van der Waals surface area contributed by atoms with Crippen LogP contribution in [-0.2, 0) is 4.79 Å². The number of likely N-dealkylation sites (tertiary alicyclic amines) is 1. The van der Waals surface area contributed by atoms with E-state index < -0.39 is 0 Å². The number of nitrogens with zero attached hydrogens (tertiary/aromatic N) is 1. The van der Waals surface area contributed by atoms with E-state index in [0.29, 0.717) is 23.4 Å². The lowest BCUT2D eigenvalue weighted by molar-refractivity contribution is -0.136. The molecule has 0 spiro atoms. The summed E-state index contributed by atoms with van der Waals surface area (Å²) < 4.78 is 0. The van der Waals surface area contributed by atoms with Crippen LogP contribution in [0.4, 0.5) is 0 Å². The average molecular weight is 250 g/mol. The van der Waals surface area contributed by atoms with Crippen LogP contribution in [0.5, 0.6) is 0 Å². The number of carbonyl (C=O) groups is 1. The van der Waals surface area contributed by atoms with Crippen LogP contribution in [0.15, 0.2) is 0 Å². The molecule has 3 atom stereocenters. The lowest BCUT2D eigenvalue weighted by atomic mass is 9.85. The van der Waals surface area contributed by atoms with Crippen molar-refractivity contribution in [3.8, 4) is 0 Å². The minimum Gasteiger partial charge on any atom is -0.342 e. The molecule has 3 unspecified atom stereocenters. The second-order valence-corrected chi connectivity index (χ2v) is 7.23. The zero-order chi connectivity index (χ0) is 12.8. The van der Waals surface area contributed by atoms with Crippen molar-refractivity contribution >= 4 is 5.91 Å². The Balaban J connectivity index is 1.62. The summed E-state index contributed by atoms with van der Waals surface area (Å²) in [4.78, 5) is 14.8. The Bertz CT molecular complexity index is 339. The van der Waals surface area contributed by atoms with Gasteiger partial charge >= 0.3 is 0 Å². The number of carbonyl (C=O) groups excluding carboxylic acids is 1. The van der Waals surface area contributed by atoms with Crippen molar-refractivity contribution in [3.63, 3.8) is 0 Å². The Hall–Kier alpha value is -0.570. The van der Waals surface area contributed by atoms with Crippen LogP contribution in [-0.4, -0.2) is 36.0 Å². The van der Waals surface area contributed by atoms with E-state index in [1.165, 1.54) is 25.7 Å². The maximum absolute atomic E-state index is 12.6. The molecule has 3 aliphatic heterocycles. The van der Waals surface area contributed by atoms with Crippen LogP contribution in [0.3, 0.4) is 0 Å². The van der Waals surface area contributed by atoms with Crippen LogP contribution in [0, 0.1) is 11.3 Å². The van der Waals surface area contributed by atoms with Crippen LogP contribution < -0.4 is 5.32 Å². The van der Waals surface area contributed by atoms with Crippen molar-refractivity contribution in [2.24, 2.45) is 11.3 Å². The highest BCUT2D eigenvalue weighted by Gasteiger charge is 2.44. The highest BCUT2D eigenvalue weighted by atomic mass is 16.2. The van der Waals surface area contributed by atoms with E-state index in [2.05, 4.69) is 24.1 Å². The zero-order valence-corrected chi connectivity index (χ0v) is 11.7. The molecule has 3 aliphatic rings. The standard InChI is InChI=1S/C15H26N2O/c1-15(2)6-3-8-17(9-7-15)14(18)12-10-11-4-5-13(12)16-11/h11-13,16H,3-10H2,1-2H3. The summed E-state index contributed by atoms with van der Waals surface area (Å²) in [7, 11) is 0. The Morgan fingerprint density at radius 1 is 1.22 bits per heavy atom. The average Bonchev–Trinajstić information content (AvgIpc) is 2.90. The summed E-state index contributed by atoms with van der Waals surface area (Å²) in [5.74, 6) is 0.720. The van der Waals surface area contributed by atoms with Crippen LogP contribution >= 0.6 is 0 Å². The molecule has 0 aliphatic carbocycles. The number of fused-ring (bicyclic) bond motifs is 2. The molecule has 0 saturated carbocycles. The van der Waals surface area contributed by atoms with Gasteiger partial charge < -0.3 is 10.2 Å². The fourth-order valence-corrected chi connectivity index (χ4v) is 3.97. The van der Waals surface area contributed by atoms with Crippen LogP contribution in [0.25, 0.3) is 0 Å². The van der Waals surface area contributed by atoms with E-state index in [1.54, 1.807) is 0 Å². The summed E-state index contributed by atoms with van der Waals surface area (Å²) in [5.41, 5.74) is 0.419. The van der Waals surface area contributed by atoms with Gasteiger partial charge in [0.25, 0.3) is 0 Å². The van der Waals surface area contributed by atoms with Gasteiger partial charge in [-0.3, -0.25) is 4.79 Å². The number of amides is 1. The highest BCUT2D eigenvalue weighted by Crippen LogP contribution is 2.36. The Morgan fingerprint density at radius 2 is 2.06 bits per heavy atom. The largest absolute Gasteiger partial charge is 0.342 e. The molecule has 0 aromatic carbocycles. The van der Waals surface area contributed by atoms with Gasteiger partial charge in [0.05, 0.1) is 5.92 Å². The summed E-state index contributed by atoms with van der Waals surface area (Å²) in [5, 5.41) is 3.58. The molecule has 3 fully saturated rings. The topological polar surface area (TPSA) is 32.3 Å². The van der Waals surface area contributed by atoms with E-state index in [-0.39, 0.29) is 5.92 Å². The van der Waals surface area contributed by atoms with Gasteiger partial charge in [-0.25, -0.2) is 0 Å². The van der Waals surface area contributed by atoms with Gasteiger partial charge in [-0.2, -0.15) is 0 Å². The van der Waals surface area contributed by atoms with Gasteiger partial charge in [0.1, 0.15) is 0 Å². The van der Waals surface area contributed by atoms with Crippen LogP contribution in [0.2, 0.25) is 0 Å². The molecule has 2 bridgehead atoms. The van der Waals surface area contributed by atoms with E-state index in [0.717, 1.165) is 25.9 Å². The maximum atomic E-state index is 12.6. The van der Waals surface area contributed by atoms with Gasteiger partial charge in [-0.15, -0.1) is 0 Å². The highest BCUT2D eigenvalue weighted by molar-refractivity contribution is 5.80. The first kappa shape index (κ1) is 12.5. The van der Waals surface area contributed by atoms with Gasteiger partial charge in [-0.1, -0.05) is 13.8 Å². The number of hydrogen-bond donors (Lipinski definition) is 1. The Morgan fingerprint density at radius 3 is 2.72 bits per heavy atom.